The average Bonchev–Trinajstić information content (AvgIpc) is 2.25. The fourth-order valence-electron chi connectivity index (χ4n) is 1.51. The molecule has 0 unspecified atom stereocenters. The lowest BCUT2D eigenvalue weighted by Crippen LogP contribution is -2.26. The molecule has 0 atom stereocenters. The van der Waals surface area contributed by atoms with Crippen molar-refractivity contribution in [3.8, 4) is 11.5 Å². The summed E-state index contributed by atoms with van der Waals surface area (Å²) in [6, 6.07) is 1.31. The van der Waals surface area contributed by atoms with Gasteiger partial charge in [0, 0.05) is 0 Å². The zero-order chi connectivity index (χ0) is 14.1. The van der Waals surface area contributed by atoms with Crippen LogP contribution in [0.4, 0.5) is 4.39 Å². The Morgan fingerprint density at radius 2 is 2.11 bits per heavy atom. The molecule has 0 aromatic heterocycles. The topological polar surface area (TPSA) is 66.8 Å². The molecule has 0 saturated carbocycles. The first-order chi connectivity index (χ1) is 8.20. The zero-order valence-electron chi connectivity index (χ0n) is 10.3. The van der Waals surface area contributed by atoms with Gasteiger partial charge in [-0.15, -0.1) is 0 Å². The van der Waals surface area contributed by atoms with E-state index in [0.717, 1.165) is 0 Å². The lowest BCUT2D eigenvalue weighted by molar-refractivity contribution is -0.146. The Balaban J connectivity index is 3.24. The van der Waals surface area contributed by atoms with Crippen molar-refractivity contribution in [3.63, 3.8) is 0 Å². The molecule has 0 radical (unpaired) electrons. The summed E-state index contributed by atoms with van der Waals surface area (Å²) in [5.41, 5.74) is -1.01. The van der Waals surface area contributed by atoms with Crippen LogP contribution >= 0.6 is 11.6 Å². The van der Waals surface area contributed by atoms with Gasteiger partial charge in [-0.2, -0.15) is 4.39 Å². The first kappa shape index (κ1) is 14.6. The Morgan fingerprint density at radius 1 is 1.56 bits per heavy atom. The van der Waals surface area contributed by atoms with Crippen molar-refractivity contribution in [2.75, 3.05) is 7.11 Å². The number of halogens is 2. The summed E-state index contributed by atoms with van der Waals surface area (Å²) in [6.45, 7) is 2.95. The fourth-order valence-corrected chi connectivity index (χ4v) is 1.81. The molecule has 0 saturated heterocycles. The molecule has 0 bridgehead atoms. The first-order valence-corrected chi connectivity index (χ1v) is 5.55. The van der Waals surface area contributed by atoms with Gasteiger partial charge in [0.2, 0.25) is 5.82 Å². The van der Waals surface area contributed by atoms with Gasteiger partial charge in [-0.25, -0.2) is 0 Å². The van der Waals surface area contributed by atoms with Crippen molar-refractivity contribution >= 4 is 17.6 Å². The number of ether oxygens (including phenoxy) is 1. The highest BCUT2D eigenvalue weighted by Gasteiger charge is 2.30. The number of phenolic OH excluding ortho intramolecular Hbond substituents is 1. The third-order valence-electron chi connectivity index (χ3n) is 2.64. The number of carboxylic acid groups (broad SMARTS) is 1. The van der Waals surface area contributed by atoms with Gasteiger partial charge in [0.15, 0.2) is 11.5 Å². The summed E-state index contributed by atoms with van der Waals surface area (Å²) in [6.07, 6.45) is -0.0468. The Hall–Kier alpha value is -1.49. The summed E-state index contributed by atoms with van der Waals surface area (Å²) in [4.78, 5) is 11.0. The molecule has 0 aliphatic carbocycles. The van der Waals surface area contributed by atoms with E-state index in [2.05, 4.69) is 0 Å². The standard InChI is InChI=1S/C12H14ClFO4/c1-12(2,11(16)17)5-6-4-7(13)10(18-3)8(14)9(6)15/h4,15H,5H2,1-3H3,(H,16,17). The van der Waals surface area contributed by atoms with Gasteiger partial charge < -0.3 is 14.9 Å². The molecule has 0 aliphatic rings. The van der Waals surface area contributed by atoms with Crippen LogP contribution in [0.15, 0.2) is 6.07 Å². The van der Waals surface area contributed by atoms with Crippen molar-refractivity contribution < 1.29 is 24.1 Å². The second kappa shape index (κ2) is 5.02. The Labute approximate surface area is 109 Å². The number of methoxy groups -OCH3 is 1. The van der Waals surface area contributed by atoms with E-state index < -0.39 is 23.0 Å². The fraction of sp³-hybridized carbons (Fsp3) is 0.417. The van der Waals surface area contributed by atoms with Crippen LogP contribution in [-0.4, -0.2) is 23.3 Å². The Bertz CT molecular complexity index is 485. The number of rotatable bonds is 4. The molecule has 4 nitrogen and oxygen atoms in total. The second-order valence-corrected chi connectivity index (χ2v) is 4.99. The first-order valence-electron chi connectivity index (χ1n) is 5.18. The van der Waals surface area contributed by atoms with Gasteiger partial charge >= 0.3 is 5.97 Å². The van der Waals surface area contributed by atoms with E-state index in [0.29, 0.717) is 0 Å². The van der Waals surface area contributed by atoms with Gasteiger partial charge in [-0.1, -0.05) is 11.6 Å². The predicted molar refractivity (Wildman–Crippen MR) is 64.7 cm³/mol. The minimum Gasteiger partial charge on any atom is -0.505 e. The van der Waals surface area contributed by atoms with Gasteiger partial charge in [-0.05, 0) is 31.9 Å². The van der Waals surface area contributed by atoms with E-state index in [9.17, 15) is 14.3 Å². The molecule has 0 amide bonds. The second-order valence-electron chi connectivity index (χ2n) is 4.58. The number of hydrogen-bond donors (Lipinski definition) is 2. The van der Waals surface area contributed by atoms with Crippen molar-refractivity contribution in [3.05, 3.63) is 22.5 Å². The minimum atomic E-state index is -1.14. The summed E-state index contributed by atoms with van der Waals surface area (Å²) in [5.74, 6) is -2.92. The van der Waals surface area contributed by atoms with E-state index >= 15 is 0 Å². The normalized spacial score (nSPS) is 11.4. The smallest absolute Gasteiger partial charge is 0.309 e. The zero-order valence-corrected chi connectivity index (χ0v) is 11.0. The van der Waals surface area contributed by atoms with Crippen LogP contribution in [0.2, 0.25) is 5.02 Å². The Kier molecular flexibility index (Phi) is 4.06. The lowest BCUT2D eigenvalue weighted by atomic mass is 9.85. The highest BCUT2D eigenvalue weighted by atomic mass is 35.5. The molecule has 0 spiro atoms. The minimum absolute atomic E-state index is 0.0102. The maximum absolute atomic E-state index is 13.7. The number of aliphatic carboxylic acids is 1. The SMILES string of the molecule is COc1c(Cl)cc(CC(C)(C)C(=O)O)c(O)c1F. The van der Waals surface area contributed by atoms with Crippen LogP contribution in [0.3, 0.4) is 0 Å². The highest BCUT2D eigenvalue weighted by molar-refractivity contribution is 6.32. The number of phenols is 1. The summed E-state index contributed by atoms with van der Waals surface area (Å²) < 4.78 is 18.4. The molecule has 0 fully saturated rings. The van der Waals surface area contributed by atoms with Crippen LogP contribution < -0.4 is 4.74 Å². The molecule has 0 heterocycles. The summed E-state index contributed by atoms with van der Waals surface area (Å²) >= 11 is 5.79. The van der Waals surface area contributed by atoms with Gasteiger partial charge in [0.05, 0.1) is 17.5 Å². The van der Waals surface area contributed by atoms with Gasteiger partial charge in [0.25, 0.3) is 0 Å². The van der Waals surface area contributed by atoms with Crippen molar-refractivity contribution in [2.45, 2.75) is 20.3 Å². The highest BCUT2D eigenvalue weighted by Crippen LogP contribution is 2.38. The van der Waals surface area contributed by atoms with E-state index in [1.807, 2.05) is 0 Å². The van der Waals surface area contributed by atoms with Crippen LogP contribution in [0.25, 0.3) is 0 Å². The molecule has 1 rings (SSSR count). The maximum Gasteiger partial charge on any atom is 0.309 e. The van der Waals surface area contributed by atoms with Crippen LogP contribution in [0.1, 0.15) is 19.4 Å². The third kappa shape index (κ3) is 2.67. The molecule has 0 aliphatic heterocycles. The summed E-state index contributed by atoms with van der Waals surface area (Å²) in [5, 5.41) is 18.7. The summed E-state index contributed by atoms with van der Waals surface area (Å²) in [7, 11) is 1.23. The Morgan fingerprint density at radius 3 is 2.56 bits per heavy atom. The molecule has 100 valence electrons. The predicted octanol–water partition coefficient (Wildman–Crippen LogP) is 2.85. The average molecular weight is 277 g/mol. The number of carbonyl (C=O) groups is 1. The van der Waals surface area contributed by atoms with E-state index in [1.54, 1.807) is 0 Å². The molecule has 1 aromatic carbocycles. The largest absolute Gasteiger partial charge is 0.505 e. The van der Waals surface area contributed by atoms with E-state index in [1.165, 1.54) is 27.0 Å². The molecular weight excluding hydrogens is 263 g/mol. The number of carboxylic acids is 1. The monoisotopic (exact) mass is 276 g/mol. The van der Waals surface area contributed by atoms with Crippen LogP contribution in [-0.2, 0) is 11.2 Å². The van der Waals surface area contributed by atoms with Crippen molar-refractivity contribution in [1.82, 2.24) is 0 Å². The van der Waals surface area contributed by atoms with Gasteiger partial charge in [-0.3, -0.25) is 4.79 Å². The molecule has 2 N–H and O–H groups in total. The van der Waals surface area contributed by atoms with Gasteiger partial charge in [0.1, 0.15) is 0 Å². The van der Waals surface area contributed by atoms with Crippen molar-refractivity contribution in [2.24, 2.45) is 5.41 Å². The molecular formula is C12H14ClFO4. The molecule has 1 aromatic rings. The lowest BCUT2D eigenvalue weighted by Gasteiger charge is -2.20. The molecule has 6 heteroatoms. The van der Waals surface area contributed by atoms with Crippen LogP contribution in [0.5, 0.6) is 11.5 Å². The van der Waals surface area contributed by atoms with Crippen LogP contribution in [0, 0.1) is 11.2 Å². The third-order valence-corrected chi connectivity index (χ3v) is 2.93. The molecule has 18 heavy (non-hydrogen) atoms. The van der Waals surface area contributed by atoms with Crippen molar-refractivity contribution in [1.29, 1.82) is 0 Å². The number of aromatic hydroxyl groups is 1. The quantitative estimate of drug-likeness (QED) is 0.887. The number of benzene rings is 1. The van der Waals surface area contributed by atoms with E-state index in [-0.39, 0.29) is 22.8 Å². The number of hydrogen-bond acceptors (Lipinski definition) is 3. The maximum atomic E-state index is 13.7. The van der Waals surface area contributed by atoms with E-state index in [4.69, 9.17) is 21.4 Å².